The maximum Gasteiger partial charge on any atom is 0.335 e. The topological polar surface area (TPSA) is 96.4 Å². The Hall–Kier alpha value is -1.64. The quantitative estimate of drug-likeness (QED) is 0.781. The predicted molar refractivity (Wildman–Crippen MR) is 81.2 cm³/mol. The molecule has 2 rings (SSSR count). The van der Waals surface area contributed by atoms with Gasteiger partial charge in [-0.05, 0) is 46.3 Å². The number of nitrogens with zero attached hydrogens (tertiary/aromatic N) is 1. The van der Waals surface area contributed by atoms with Gasteiger partial charge in [-0.2, -0.15) is 0 Å². The molecule has 110 valence electrons. The molecule has 0 aliphatic carbocycles. The lowest BCUT2D eigenvalue weighted by Crippen LogP contribution is -2.14. The molecule has 0 saturated heterocycles. The van der Waals surface area contributed by atoms with Gasteiger partial charge in [-0.3, -0.25) is 4.72 Å². The van der Waals surface area contributed by atoms with E-state index < -0.39 is 16.0 Å². The van der Waals surface area contributed by atoms with Crippen LogP contribution in [0.2, 0.25) is 5.02 Å². The number of carboxylic acids is 1. The van der Waals surface area contributed by atoms with E-state index >= 15 is 0 Å². The van der Waals surface area contributed by atoms with Gasteiger partial charge in [0.2, 0.25) is 0 Å². The van der Waals surface area contributed by atoms with Gasteiger partial charge in [-0.1, -0.05) is 11.6 Å². The molecule has 21 heavy (non-hydrogen) atoms. The van der Waals surface area contributed by atoms with E-state index in [0.717, 1.165) is 6.07 Å². The van der Waals surface area contributed by atoms with E-state index in [1.54, 1.807) is 6.07 Å². The third-order valence-corrected chi connectivity index (χ3v) is 4.78. The molecule has 0 spiro atoms. The van der Waals surface area contributed by atoms with Crippen LogP contribution in [0, 0.1) is 0 Å². The molecule has 1 aromatic heterocycles. The maximum atomic E-state index is 12.3. The SMILES string of the molecule is O=C(O)c1ccc(Cl)c(S(=O)(=O)Nc2ccc(Br)nc2)c1. The second kappa shape index (κ2) is 6.00. The van der Waals surface area contributed by atoms with E-state index in [2.05, 4.69) is 25.6 Å². The summed E-state index contributed by atoms with van der Waals surface area (Å²) < 4.78 is 27.3. The average Bonchev–Trinajstić information content (AvgIpc) is 2.41. The van der Waals surface area contributed by atoms with Crippen LogP contribution in [0.4, 0.5) is 5.69 Å². The summed E-state index contributed by atoms with van der Waals surface area (Å²) in [4.78, 5) is 14.5. The normalized spacial score (nSPS) is 11.1. The Morgan fingerprint density at radius 1 is 1.29 bits per heavy atom. The summed E-state index contributed by atoms with van der Waals surface area (Å²) in [6.45, 7) is 0. The lowest BCUT2D eigenvalue weighted by molar-refractivity contribution is 0.0696. The number of hydrogen-bond donors (Lipinski definition) is 2. The Balaban J connectivity index is 2.41. The third kappa shape index (κ3) is 3.72. The number of sulfonamides is 1. The van der Waals surface area contributed by atoms with Crippen molar-refractivity contribution in [3.8, 4) is 0 Å². The maximum absolute atomic E-state index is 12.3. The second-order valence-electron chi connectivity index (χ2n) is 3.93. The number of aromatic nitrogens is 1. The molecule has 0 aliphatic rings. The Morgan fingerprint density at radius 2 is 2.00 bits per heavy atom. The largest absolute Gasteiger partial charge is 0.478 e. The van der Waals surface area contributed by atoms with Gasteiger partial charge >= 0.3 is 5.97 Å². The van der Waals surface area contributed by atoms with Crippen molar-refractivity contribution in [1.82, 2.24) is 4.98 Å². The molecule has 0 radical (unpaired) electrons. The fourth-order valence-corrected chi connectivity index (χ4v) is 3.29. The first-order valence-electron chi connectivity index (χ1n) is 5.47. The predicted octanol–water partition coefficient (Wildman–Crippen LogP) is 3.00. The van der Waals surface area contributed by atoms with E-state index in [9.17, 15) is 13.2 Å². The van der Waals surface area contributed by atoms with Crippen LogP contribution in [0.5, 0.6) is 0 Å². The highest BCUT2D eigenvalue weighted by Crippen LogP contribution is 2.25. The molecule has 2 N–H and O–H groups in total. The molecule has 2 aromatic rings. The number of anilines is 1. The molecule has 0 saturated carbocycles. The standard InChI is InChI=1S/C12H8BrClN2O4S/c13-11-4-2-8(6-15-11)16-21(19,20)10-5-7(12(17)18)1-3-9(10)14/h1-6,16H,(H,17,18). The zero-order chi connectivity index (χ0) is 15.6. The number of benzene rings is 1. The first-order valence-corrected chi connectivity index (χ1v) is 8.12. The van der Waals surface area contributed by atoms with Crippen LogP contribution in [-0.2, 0) is 10.0 Å². The minimum atomic E-state index is -4.01. The summed E-state index contributed by atoms with van der Waals surface area (Å²) in [6.07, 6.45) is 1.32. The minimum Gasteiger partial charge on any atom is -0.478 e. The Labute approximate surface area is 134 Å². The molecular weight excluding hydrogens is 384 g/mol. The highest BCUT2D eigenvalue weighted by molar-refractivity contribution is 9.10. The first kappa shape index (κ1) is 15.7. The number of aromatic carboxylic acids is 1. The fraction of sp³-hybridized carbons (Fsp3) is 0. The summed E-state index contributed by atoms with van der Waals surface area (Å²) in [5, 5.41) is 8.84. The molecule has 0 fully saturated rings. The smallest absolute Gasteiger partial charge is 0.335 e. The molecule has 0 bridgehead atoms. The molecule has 1 aromatic carbocycles. The number of halogens is 2. The van der Waals surface area contributed by atoms with Crippen LogP contribution >= 0.6 is 27.5 Å². The number of carbonyl (C=O) groups is 1. The van der Waals surface area contributed by atoms with E-state index in [1.807, 2.05) is 0 Å². The van der Waals surface area contributed by atoms with Gasteiger partial charge in [0.15, 0.2) is 0 Å². The minimum absolute atomic E-state index is 0.0717. The molecule has 1 heterocycles. The van der Waals surface area contributed by atoms with E-state index in [1.165, 1.54) is 24.4 Å². The fourth-order valence-electron chi connectivity index (χ4n) is 1.49. The number of nitrogens with one attached hydrogen (secondary N) is 1. The van der Waals surface area contributed by atoms with Gasteiger partial charge in [0.1, 0.15) is 9.50 Å². The monoisotopic (exact) mass is 390 g/mol. The zero-order valence-corrected chi connectivity index (χ0v) is 13.4. The molecule has 0 atom stereocenters. The number of carboxylic acid groups (broad SMARTS) is 1. The number of rotatable bonds is 4. The van der Waals surface area contributed by atoms with E-state index in [-0.39, 0.29) is 21.2 Å². The number of pyridine rings is 1. The van der Waals surface area contributed by atoms with Crippen LogP contribution in [0.1, 0.15) is 10.4 Å². The molecule has 0 aliphatic heterocycles. The zero-order valence-electron chi connectivity index (χ0n) is 10.2. The van der Waals surface area contributed by atoms with Crippen molar-refractivity contribution in [2.24, 2.45) is 0 Å². The van der Waals surface area contributed by atoms with Crippen LogP contribution < -0.4 is 4.72 Å². The van der Waals surface area contributed by atoms with Crippen molar-refractivity contribution in [3.05, 3.63) is 51.7 Å². The van der Waals surface area contributed by atoms with E-state index in [0.29, 0.717) is 4.60 Å². The lowest BCUT2D eigenvalue weighted by Gasteiger charge is -2.10. The Kier molecular flexibility index (Phi) is 4.50. The Morgan fingerprint density at radius 3 is 2.57 bits per heavy atom. The van der Waals surface area contributed by atoms with Crippen molar-refractivity contribution in [2.45, 2.75) is 4.90 Å². The lowest BCUT2D eigenvalue weighted by atomic mass is 10.2. The van der Waals surface area contributed by atoms with Gasteiger partial charge < -0.3 is 5.11 Å². The summed E-state index contributed by atoms with van der Waals surface area (Å²) in [5.41, 5.74) is 0.0590. The van der Waals surface area contributed by atoms with Crippen molar-refractivity contribution >= 4 is 49.2 Å². The summed E-state index contributed by atoms with van der Waals surface area (Å²) in [7, 11) is -4.01. The Bertz CT molecular complexity index is 793. The molecule has 0 amide bonds. The van der Waals surface area contributed by atoms with Crippen molar-refractivity contribution < 1.29 is 18.3 Å². The van der Waals surface area contributed by atoms with Crippen LogP contribution in [0.25, 0.3) is 0 Å². The van der Waals surface area contributed by atoms with Gasteiger partial charge in [0, 0.05) is 0 Å². The molecule has 6 nitrogen and oxygen atoms in total. The van der Waals surface area contributed by atoms with Crippen LogP contribution in [-0.4, -0.2) is 24.5 Å². The highest BCUT2D eigenvalue weighted by Gasteiger charge is 2.20. The third-order valence-electron chi connectivity index (χ3n) is 2.45. The summed E-state index contributed by atoms with van der Waals surface area (Å²) in [6, 6.07) is 6.51. The second-order valence-corrected chi connectivity index (χ2v) is 6.80. The summed E-state index contributed by atoms with van der Waals surface area (Å²) in [5.74, 6) is -1.24. The van der Waals surface area contributed by atoms with Gasteiger partial charge in [-0.15, -0.1) is 0 Å². The van der Waals surface area contributed by atoms with Gasteiger partial charge in [0.05, 0.1) is 22.5 Å². The molecule has 9 heteroatoms. The van der Waals surface area contributed by atoms with Gasteiger partial charge in [-0.25, -0.2) is 18.2 Å². The number of hydrogen-bond acceptors (Lipinski definition) is 4. The molecular formula is C12H8BrClN2O4S. The van der Waals surface area contributed by atoms with Crippen molar-refractivity contribution in [2.75, 3.05) is 4.72 Å². The van der Waals surface area contributed by atoms with E-state index in [4.69, 9.17) is 16.7 Å². The van der Waals surface area contributed by atoms with Crippen LogP contribution in [0.15, 0.2) is 46.0 Å². The molecule has 0 unspecified atom stereocenters. The first-order chi connectivity index (χ1) is 9.79. The van der Waals surface area contributed by atoms with Gasteiger partial charge in [0.25, 0.3) is 10.0 Å². The highest BCUT2D eigenvalue weighted by atomic mass is 79.9. The van der Waals surface area contributed by atoms with Crippen LogP contribution in [0.3, 0.4) is 0 Å². The summed E-state index contributed by atoms with van der Waals surface area (Å²) >= 11 is 8.97. The van der Waals surface area contributed by atoms with Crippen molar-refractivity contribution in [1.29, 1.82) is 0 Å². The average molecular weight is 392 g/mol. The van der Waals surface area contributed by atoms with Crippen molar-refractivity contribution in [3.63, 3.8) is 0 Å².